The van der Waals surface area contributed by atoms with Gasteiger partial charge in [0.25, 0.3) is 0 Å². The molecule has 1 aliphatic heterocycles. The molecule has 1 aromatic rings. The number of amides is 1. The minimum absolute atomic E-state index is 0.0825. The van der Waals surface area contributed by atoms with E-state index in [4.69, 9.17) is 11.6 Å². The second-order valence-corrected chi connectivity index (χ2v) is 5.12. The number of carbonyl (C=O) groups excluding carboxylic acids is 1. The topological polar surface area (TPSA) is 70.2 Å². The Morgan fingerprint density at radius 1 is 1.53 bits per heavy atom. The van der Waals surface area contributed by atoms with Crippen molar-refractivity contribution in [2.75, 3.05) is 25.1 Å². The van der Waals surface area contributed by atoms with Gasteiger partial charge in [0.1, 0.15) is 0 Å². The third-order valence-corrected chi connectivity index (χ3v) is 3.39. The van der Waals surface area contributed by atoms with Gasteiger partial charge in [-0.15, -0.1) is 0 Å². The van der Waals surface area contributed by atoms with Crippen molar-refractivity contribution in [3.05, 3.63) is 17.5 Å². The van der Waals surface area contributed by atoms with E-state index in [0.29, 0.717) is 11.7 Å². The first-order valence-corrected chi connectivity index (χ1v) is 6.78. The highest BCUT2D eigenvalue weighted by Crippen LogP contribution is 2.15. The summed E-state index contributed by atoms with van der Waals surface area (Å²) < 4.78 is 0. The Hall–Kier alpha value is -1.40. The van der Waals surface area contributed by atoms with Crippen molar-refractivity contribution in [1.29, 1.82) is 0 Å². The zero-order chi connectivity index (χ0) is 13.7. The molecule has 1 atom stereocenters. The molecule has 0 aliphatic carbocycles. The van der Waals surface area contributed by atoms with E-state index in [1.807, 2.05) is 4.90 Å². The minimum Gasteiger partial charge on any atom is -0.341 e. The van der Waals surface area contributed by atoms with Gasteiger partial charge in [0.05, 0.1) is 6.54 Å². The number of nitrogens with one attached hydrogen (secondary N) is 2. The maximum atomic E-state index is 12.0. The molecule has 1 fully saturated rings. The van der Waals surface area contributed by atoms with Crippen molar-refractivity contribution in [1.82, 2.24) is 20.3 Å². The Morgan fingerprint density at radius 2 is 2.32 bits per heavy atom. The van der Waals surface area contributed by atoms with Crippen LogP contribution >= 0.6 is 11.6 Å². The summed E-state index contributed by atoms with van der Waals surface area (Å²) in [7, 11) is 0. The van der Waals surface area contributed by atoms with Crippen LogP contribution in [0.3, 0.4) is 0 Å². The predicted octanol–water partition coefficient (Wildman–Crippen LogP) is 1.30. The highest BCUT2D eigenvalue weighted by atomic mass is 35.5. The number of halogens is 1. The molecule has 1 aromatic heterocycles. The SMILES string of the molecule is CC1CCCN(C(=O)CNNc2nccnc2Cl)C1. The lowest BCUT2D eigenvalue weighted by Crippen LogP contribution is -2.44. The molecule has 104 valence electrons. The van der Waals surface area contributed by atoms with Crippen LogP contribution in [0, 0.1) is 5.92 Å². The summed E-state index contributed by atoms with van der Waals surface area (Å²) in [5, 5.41) is 0.272. The standard InChI is InChI=1S/C12H18ClN5O/c1-9-3-2-6-18(8-9)10(19)7-16-17-12-11(13)14-4-5-15-12/h4-5,9,16H,2-3,6-8H2,1H3,(H,15,17). The second kappa shape index (κ2) is 6.68. The zero-order valence-electron chi connectivity index (χ0n) is 10.9. The summed E-state index contributed by atoms with van der Waals surface area (Å²) in [6.07, 6.45) is 5.32. The number of piperidine rings is 1. The van der Waals surface area contributed by atoms with Crippen LogP contribution in [0.15, 0.2) is 12.4 Å². The van der Waals surface area contributed by atoms with Crippen LogP contribution in [0.1, 0.15) is 19.8 Å². The molecule has 19 heavy (non-hydrogen) atoms. The Labute approximate surface area is 117 Å². The molecule has 1 amide bonds. The van der Waals surface area contributed by atoms with E-state index in [2.05, 4.69) is 27.7 Å². The number of nitrogens with zero attached hydrogens (tertiary/aromatic N) is 3. The smallest absolute Gasteiger partial charge is 0.238 e. The predicted molar refractivity (Wildman–Crippen MR) is 73.6 cm³/mol. The van der Waals surface area contributed by atoms with Crippen LogP contribution in [0.2, 0.25) is 5.15 Å². The second-order valence-electron chi connectivity index (χ2n) is 4.76. The molecular formula is C12H18ClN5O. The van der Waals surface area contributed by atoms with E-state index in [9.17, 15) is 4.79 Å². The first kappa shape index (κ1) is 14.0. The maximum Gasteiger partial charge on any atom is 0.238 e. The monoisotopic (exact) mass is 283 g/mol. The van der Waals surface area contributed by atoms with E-state index < -0.39 is 0 Å². The number of rotatable bonds is 4. The van der Waals surface area contributed by atoms with E-state index >= 15 is 0 Å². The van der Waals surface area contributed by atoms with Gasteiger partial charge in [-0.25, -0.2) is 15.4 Å². The molecular weight excluding hydrogens is 266 g/mol. The van der Waals surface area contributed by atoms with Crippen molar-refractivity contribution < 1.29 is 4.79 Å². The highest BCUT2D eigenvalue weighted by molar-refractivity contribution is 6.31. The molecule has 1 saturated heterocycles. The lowest BCUT2D eigenvalue weighted by atomic mass is 10.0. The van der Waals surface area contributed by atoms with Crippen LogP contribution in [-0.2, 0) is 4.79 Å². The third-order valence-electron chi connectivity index (χ3n) is 3.11. The van der Waals surface area contributed by atoms with Crippen molar-refractivity contribution in [2.45, 2.75) is 19.8 Å². The van der Waals surface area contributed by atoms with Gasteiger partial charge >= 0.3 is 0 Å². The van der Waals surface area contributed by atoms with Gasteiger partial charge in [0.15, 0.2) is 11.0 Å². The van der Waals surface area contributed by atoms with Crippen LogP contribution in [0.4, 0.5) is 5.82 Å². The normalized spacial score (nSPS) is 19.3. The number of anilines is 1. The quantitative estimate of drug-likeness (QED) is 0.815. The lowest BCUT2D eigenvalue weighted by molar-refractivity contribution is -0.131. The van der Waals surface area contributed by atoms with Gasteiger partial charge in [-0.1, -0.05) is 18.5 Å². The van der Waals surface area contributed by atoms with Crippen molar-refractivity contribution in [3.8, 4) is 0 Å². The van der Waals surface area contributed by atoms with Gasteiger partial charge in [-0.2, -0.15) is 0 Å². The largest absolute Gasteiger partial charge is 0.341 e. The summed E-state index contributed by atoms with van der Waals surface area (Å²) in [6.45, 7) is 4.06. The number of hydrogen-bond donors (Lipinski definition) is 2. The molecule has 1 aliphatic rings. The maximum absolute atomic E-state index is 12.0. The third kappa shape index (κ3) is 4.04. The van der Waals surface area contributed by atoms with Crippen molar-refractivity contribution >= 4 is 23.3 Å². The Bertz CT molecular complexity index is 442. The molecule has 1 unspecified atom stereocenters. The number of likely N-dealkylation sites (tertiary alicyclic amines) is 1. The summed E-state index contributed by atoms with van der Waals surface area (Å²) in [4.78, 5) is 21.8. The number of carbonyl (C=O) groups is 1. The molecule has 6 nitrogen and oxygen atoms in total. The molecule has 0 saturated carbocycles. The summed E-state index contributed by atoms with van der Waals surface area (Å²) in [5.41, 5.74) is 5.62. The zero-order valence-corrected chi connectivity index (χ0v) is 11.7. The number of hydrazine groups is 1. The average molecular weight is 284 g/mol. The first-order valence-electron chi connectivity index (χ1n) is 6.40. The Morgan fingerprint density at radius 3 is 3.05 bits per heavy atom. The van der Waals surface area contributed by atoms with Crippen LogP contribution in [0.5, 0.6) is 0 Å². The molecule has 7 heteroatoms. The summed E-state index contributed by atoms with van der Waals surface area (Å²) in [6, 6.07) is 0. The number of aromatic nitrogens is 2. The fourth-order valence-electron chi connectivity index (χ4n) is 2.14. The molecule has 2 heterocycles. The molecule has 0 spiro atoms. The molecule has 0 radical (unpaired) electrons. The fourth-order valence-corrected chi connectivity index (χ4v) is 2.29. The van der Waals surface area contributed by atoms with E-state index in [1.165, 1.54) is 18.8 Å². The molecule has 0 bridgehead atoms. The first-order chi connectivity index (χ1) is 9.16. The van der Waals surface area contributed by atoms with Gasteiger partial charge in [-0.3, -0.25) is 4.79 Å². The summed E-state index contributed by atoms with van der Waals surface area (Å²) >= 11 is 5.84. The van der Waals surface area contributed by atoms with Crippen molar-refractivity contribution in [3.63, 3.8) is 0 Å². The Balaban J connectivity index is 1.76. The van der Waals surface area contributed by atoms with Gasteiger partial charge < -0.3 is 10.3 Å². The fraction of sp³-hybridized carbons (Fsp3) is 0.583. The van der Waals surface area contributed by atoms with E-state index in [0.717, 1.165) is 19.5 Å². The molecule has 2 N–H and O–H groups in total. The number of hydrogen-bond acceptors (Lipinski definition) is 5. The minimum atomic E-state index is 0.0825. The van der Waals surface area contributed by atoms with E-state index in [-0.39, 0.29) is 17.6 Å². The van der Waals surface area contributed by atoms with Gasteiger partial charge in [0.2, 0.25) is 5.91 Å². The molecule has 2 rings (SSSR count). The van der Waals surface area contributed by atoms with Crippen LogP contribution < -0.4 is 10.9 Å². The Kier molecular flexibility index (Phi) is 4.93. The average Bonchev–Trinajstić information content (AvgIpc) is 2.41. The van der Waals surface area contributed by atoms with E-state index in [1.54, 1.807) is 0 Å². The van der Waals surface area contributed by atoms with Crippen LogP contribution in [0.25, 0.3) is 0 Å². The lowest BCUT2D eigenvalue weighted by Gasteiger charge is -2.31. The molecule has 0 aromatic carbocycles. The van der Waals surface area contributed by atoms with Crippen molar-refractivity contribution in [2.24, 2.45) is 5.92 Å². The van der Waals surface area contributed by atoms with Gasteiger partial charge in [0, 0.05) is 25.5 Å². The van der Waals surface area contributed by atoms with Gasteiger partial charge in [-0.05, 0) is 18.8 Å². The highest BCUT2D eigenvalue weighted by Gasteiger charge is 2.20. The summed E-state index contributed by atoms with van der Waals surface area (Å²) in [5.74, 6) is 1.09. The van der Waals surface area contributed by atoms with Crippen LogP contribution in [-0.4, -0.2) is 40.4 Å².